The zero-order valence-corrected chi connectivity index (χ0v) is 10.1. The van der Waals surface area contributed by atoms with E-state index >= 15 is 0 Å². The van der Waals surface area contributed by atoms with Crippen molar-refractivity contribution in [2.24, 2.45) is 5.92 Å². The summed E-state index contributed by atoms with van der Waals surface area (Å²) in [6.07, 6.45) is 1.82. The molecule has 0 spiro atoms. The standard InChI is InChI=1S/C13H15FN2O2/c1-16(13(18)9-5-6-9)8-12(17)15-11-4-2-3-10(14)7-11/h2-4,7,9H,5-6,8H2,1H3,(H,15,17). The van der Waals surface area contributed by atoms with Crippen LogP contribution in [0.3, 0.4) is 0 Å². The average molecular weight is 250 g/mol. The number of nitrogens with one attached hydrogen (secondary N) is 1. The van der Waals surface area contributed by atoms with Gasteiger partial charge in [0, 0.05) is 18.7 Å². The molecule has 0 bridgehead atoms. The second-order valence-corrected chi connectivity index (χ2v) is 4.53. The van der Waals surface area contributed by atoms with Crippen LogP contribution in [-0.2, 0) is 9.59 Å². The number of nitrogens with zero attached hydrogens (tertiary/aromatic N) is 1. The Bertz CT molecular complexity index is 472. The number of anilines is 1. The Hall–Kier alpha value is -1.91. The largest absolute Gasteiger partial charge is 0.336 e. The molecule has 0 aliphatic heterocycles. The van der Waals surface area contributed by atoms with Crippen LogP contribution in [0.1, 0.15) is 12.8 Å². The molecule has 0 heterocycles. The number of hydrogen-bond donors (Lipinski definition) is 1. The SMILES string of the molecule is CN(CC(=O)Nc1cccc(F)c1)C(=O)C1CC1. The first-order valence-corrected chi connectivity index (χ1v) is 5.86. The van der Waals surface area contributed by atoms with Crippen molar-refractivity contribution in [3.8, 4) is 0 Å². The van der Waals surface area contributed by atoms with E-state index in [2.05, 4.69) is 5.32 Å². The maximum Gasteiger partial charge on any atom is 0.243 e. The molecule has 5 heteroatoms. The van der Waals surface area contributed by atoms with Crippen molar-refractivity contribution < 1.29 is 14.0 Å². The van der Waals surface area contributed by atoms with Gasteiger partial charge in [-0.3, -0.25) is 9.59 Å². The fourth-order valence-electron chi connectivity index (χ4n) is 1.70. The number of likely N-dealkylation sites (N-methyl/N-ethyl adjacent to an activating group) is 1. The molecule has 0 atom stereocenters. The molecule has 0 saturated heterocycles. The zero-order valence-electron chi connectivity index (χ0n) is 10.1. The molecule has 2 rings (SSSR count). The topological polar surface area (TPSA) is 49.4 Å². The summed E-state index contributed by atoms with van der Waals surface area (Å²) in [4.78, 5) is 24.7. The van der Waals surface area contributed by atoms with Gasteiger partial charge < -0.3 is 10.2 Å². The fourth-order valence-corrected chi connectivity index (χ4v) is 1.70. The number of halogens is 1. The highest BCUT2D eigenvalue weighted by Gasteiger charge is 2.32. The van der Waals surface area contributed by atoms with Gasteiger partial charge in [-0.05, 0) is 31.0 Å². The first-order valence-electron chi connectivity index (χ1n) is 5.86. The summed E-state index contributed by atoms with van der Waals surface area (Å²) in [5, 5.41) is 2.56. The van der Waals surface area contributed by atoms with Crippen molar-refractivity contribution in [1.29, 1.82) is 0 Å². The van der Waals surface area contributed by atoms with Crippen LogP contribution in [0.4, 0.5) is 10.1 Å². The normalized spacial score (nSPS) is 14.1. The van der Waals surface area contributed by atoms with Gasteiger partial charge in [0.05, 0.1) is 6.54 Å². The highest BCUT2D eigenvalue weighted by atomic mass is 19.1. The van der Waals surface area contributed by atoms with Crippen molar-refractivity contribution in [1.82, 2.24) is 4.90 Å². The van der Waals surface area contributed by atoms with Gasteiger partial charge in [0.2, 0.25) is 11.8 Å². The molecule has 1 fully saturated rings. The molecule has 1 aromatic carbocycles. The van der Waals surface area contributed by atoms with Crippen molar-refractivity contribution in [2.45, 2.75) is 12.8 Å². The number of carbonyl (C=O) groups excluding carboxylic acids is 2. The maximum atomic E-state index is 12.9. The van der Waals surface area contributed by atoms with E-state index in [1.807, 2.05) is 0 Å². The number of hydrogen-bond acceptors (Lipinski definition) is 2. The molecule has 1 saturated carbocycles. The average Bonchev–Trinajstić information content (AvgIpc) is 3.11. The Labute approximate surface area is 105 Å². The predicted molar refractivity (Wildman–Crippen MR) is 65.4 cm³/mol. The lowest BCUT2D eigenvalue weighted by Gasteiger charge is -2.16. The van der Waals surface area contributed by atoms with Gasteiger partial charge in [-0.25, -0.2) is 4.39 Å². The van der Waals surface area contributed by atoms with Crippen LogP contribution in [0.25, 0.3) is 0 Å². The van der Waals surface area contributed by atoms with Crippen molar-refractivity contribution >= 4 is 17.5 Å². The van der Waals surface area contributed by atoms with Crippen molar-refractivity contribution in [3.63, 3.8) is 0 Å². The van der Waals surface area contributed by atoms with Gasteiger partial charge in [0.15, 0.2) is 0 Å². The molecule has 4 nitrogen and oxygen atoms in total. The van der Waals surface area contributed by atoms with Crippen LogP contribution in [0.15, 0.2) is 24.3 Å². The van der Waals surface area contributed by atoms with Crippen LogP contribution < -0.4 is 5.32 Å². The maximum absolute atomic E-state index is 12.9. The van der Waals surface area contributed by atoms with Crippen LogP contribution >= 0.6 is 0 Å². The molecule has 1 aliphatic rings. The van der Waals surface area contributed by atoms with E-state index in [4.69, 9.17) is 0 Å². The summed E-state index contributed by atoms with van der Waals surface area (Å²) < 4.78 is 12.9. The Morgan fingerprint density at radius 3 is 2.78 bits per heavy atom. The van der Waals surface area contributed by atoms with Gasteiger partial charge in [0.25, 0.3) is 0 Å². The highest BCUT2D eigenvalue weighted by molar-refractivity contribution is 5.95. The fraction of sp³-hybridized carbons (Fsp3) is 0.385. The minimum Gasteiger partial charge on any atom is -0.336 e. The summed E-state index contributed by atoms with van der Waals surface area (Å²) in [6.45, 7) is -0.00809. The third-order valence-electron chi connectivity index (χ3n) is 2.79. The van der Waals surface area contributed by atoms with Gasteiger partial charge in [-0.2, -0.15) is 0 Å². The molecule has 1 N–H and O–H groups in total. The first-order chi connectivity index (χ1) is 8.56. The highest BCUT2D eigenvalue weighted by Crippen LogP contribution is 2.30. The van der Waals surface area contributed by atoms with E-state index < -0.39 is 5.82 Å². The first kappa shape index (κ1) is 12.5. The lowest BCUT2D eigenvalue weighted by molar-refractivity contribution is -0.134. The second kappa shape index (κ2) is 5.16. The van der Waals surface area contributed by atoms with Crippen LogP contribution in [0.2, 0.25) is 0 Å². The lowest BCUT2D eigenvalue weighted by atomic mass is 10.3. The second-order valence-electron chi connectivity index (χ2n) is 4.53. The van der Waals surface area contributed by atoms with Gasteiger partial charge >= 0.3 is 0 Å². The number of amides is 2. The monoisotopic (exact) mass is 250 g/mol. The van der Waals surface area contributed by atoms with E-state index in [1.54, 1.807) is 13.1 Å². The summed E-state index contributed by atoms with van der Waals surface area (Å²) in [5.74, 6) is -0.631. The molecule has 1 aromatic rings. The number of benzene rings is 1. The Kier molecular flexibility index (Phi) is 3.60. The third-order valence-corrected chi connectivity index (χ3v) is 2.79. The minimum absolute atomic E-state index is 0.00407. The van der Waals surface area contributed by atoms with E-state index in [-0.39, 0.29) is 24.3 Å². The van der Waals surface area contributed by atoms with Gasteiger partial charge in [-0.15, -0.1) is 0 Å². The van der Waals surface area contributed by atoms with Crippen LogP contribution in [0.5, 0.6) is 0 Å². The van der Waals surface area contributed by atoms with E-state index in [9.17, 15) is 14.0 Å². The minimum atomic E-state index is -0.407. The third kappa shape index (κ3) is 3.29. The number of rotatable bonds is 4. The quantitative estimate of drug-likeness (QED) is 0.883. The Balaban J connectivity index is 1.86. The summed E-state index contributed by atoms with van der Waals surface area (Å²) in [7, 11) is 1.60. The van der Waals surface area contributed by atoms with Crippen LogP contribution in [0, 0.1) is 11.7 Å². The Morgan fingerprint density at radius 2 is 2.17 bits per heavy atom. The molecule has 2 amide bonds. The molecule has 0 aromatic heterocycles. The number of carbonyl (C=O) groups is 2. The molecule has 0 radical (unpaired) electrons. The summed E-state index contributed by atoms with van der Waals surface area (Å²) in [6, 6.07) is 5.66. The van der Waals surface area contributed by atoms with Crippen molar-refractivity contribution in [3.05, 3.63) is 30.1 Å². The van der Waals surface area contributed by atoms with E-state index in [0.29, 0.717) is 5.69 Å². The van der Waals surface area contributed by atoms with Crippen LogP contribution in [-0.4, -0.2) is 30.3 Å². The molecular weight excluding hydrogens is 235 g/mol. The summed E-state index contributed by atoms with van der Waals surface area (Å²) >= 11 is 0. The summed E-state index contributed by atoms with van der Waals surface area (Å²) in [5.41, 5.74) is 0.396. The molecule has 18 heavy (non-hydrogen) atoms. The molecule has 1 aliphatic carbocycles. The molecular formula is C13H15FN2O2. The van der Waals surface area contributed by atoms with Crippen molar-refractivity contribution in [2.75, 3.05) is 18.9 Å². The lowest BCUT2D eigenvalue weighted by Crippen LogP contribution is -2.35. The Morgan fingerprint density at radius 1 is 1.44 bits per heavy atom. The zero-order chi connectivity index (χ0) is 13.1. The van der Waals surface area contributed by atoms with Gasteiger partial charge in [0.1, 0.15) is 5.82 Å². The predicted octanol–water partition coefficient (Wildman–Crippen LogP) is 1.63. The molecule has 0 unspecified atom stereocenters. The van der Waals surface area contributed by atoms with Gasteiger partial charge in [-0.1, -0.05) is 6.07 Å². The molecule has 96 valence electrons. The van der Waals surface area contributed by atoms with E-state index in [0.717, 1.165) is 12.8 Å². The smallest absolute Gasteiger partial charge is 0.243 e. The van der Waals surface area contributed by atoms with E-state index in [1.165, 1.54) is 23.1 Å².